The zero-order chi connectivity index (χ0) is 19.6. The summed E-state index contributed by atoms with van der Waals surface area (Å²) in [5, 5.41) is 0. The zero-order valence-electron chi connectivity index (χ0n) is 16.4. The van der Waals surface area contributed by atoms with Crippen molar-refractivity contribution in [3.8, 4) is 11.5 Å². The number of benzene rings is 1. The van der Waals surface area contributed by atoms with Crippen molar-refractivity contribution in [2.45, 2.75) is 38.7 Å². The first-order valence-electron chi connectivity index (χ1n) is 9.36. The SMILES string of the molecule is CCOC(=O)CCN(CCc1ccc(OC)c(OC)c1)C(=O)C1CCCO1. The lowest BCUT2D eigenvalue weighted by molar-refractivity contribution is -0.145. The van der Waals surface area contributed by atoms with Gasteiger partial charge < -0.3 is 23.8 Å². The molecule has 1 aliphatic rings. The Bertz CT molecular complexity index is 627. The molecular formula is C20H29NO6. The summed E-state index contributed by atoms with van der Waals surface area (Å²) in [4.78, 5) is 26.2. The van der Waals surface area contributed by atoms with Crippen LogP contribution in [0, 0.1) is 0 Å². The van der Waals surface area contributed by atoms with Gasteiger partial charge in [-0.3, -0.25) is 9.59 Å². The second-order valence-electron chi connectivity index (χ2n) is 6.32. The predicted molar refractivity (Wildman–Crippen MR) is 100 cm³/mol. The van der Waals surface area contributed by atoms with Gasteiger partial charge in [0.25, 0.3) is 5.91 Å². The first-order chi connectivity index (χ1) is 13.1. The Morgan fingerprint density at radius 2 is 1.96 bits per heavy atom. The second-order valence-corrected chi connectivity index (χ2v) is 6.32. The average Bonchev–Trinajstić information content (AvgIpc) is 3.22. The van der Waals surface area contributed by atoms with Crippen LogP contribution in [0.4, 0.5) is 0 Å². The maximum atomic E-state index is 12.8. The van der Waals surface area contributed by atoms with E-state index in [1.807, 2.05) is 18.2 Å². The number of hydrogen-bond acceptors (Lipinski definition) is 6. The summed E-state index contributed by atoms with van der Waals surface area (Å²) in [6, 6.07) is 5.69. The van der Waals surface area contributed by atoms with Gasteiger partial charge in [-0.25, -0.2) is 0 Å². The first-order valence-corrected chi connectivity index (χ1v) is 9.36. The normalized spacial score (nSPS) is 16.0. The number of carbonyl (C=O) groups is 2. The van der Waals surface area contributed by atoms with Crippen LogP contribution in [0.2, 0.25) is 0 Å². The third kappa shape index (κ3) is 6.13. The summed E-state index contributed by atoms with van der Waals surface area (Å²) in [6.07, 6.45) is 2.03. The minimum absolute atomic E-state index is 0.0581. The van der Waals surface area contributed by atoms with E-state index in [2.05, 4.69) is 0 Å². The number of ether oxygens (including phenoxy) is 4. The Balaban J connectivity index is 2.01. The smallest absolute Gasteiger partial charge is 0.307 e. The zero-order valence-corrected chi connectivity index (χ0v) is 16.4. The Hall–Kier alpha value is -2.28. The fourth-order valence-corrected chi connectivity index (χ4v) is 3.07. The molecule has 7 heteroatoms. The maximum Gasteiger partial charge on any atom is 0.307 e. The van der Waals surface area contributed by atoms with E-state index >= 15 is 0 Å². The highest BCUT2D eigenvalue weighted by Gasteiger charge is 2.28. The lowest BCUT2D eigenvalue weighted by Gasteiger charge is -2.25. The molecule has 0 spiro atoms. The molecule has 0 bridgehead atoms. The molecule has 0 radical (unpaired) electrons. The van der Waals surface area contributed by atoms with Crippen LogP contribution in [0.5, 0.6) is 11.5 Å². The number of nitrogens with zero attached hydrogens (tertiary/aromatic N) is 1. The van der Waals surface area contributed by atoms with E-state index in [0.717, 1.165) is 18.4 Å². The minimum atomic E-state index is -0.405. The molecule has 1 saturated heterocycles. The molecule has 7 nitrogen and oxygen atoms in total. The Kier molecular flexibility index (Phi) is 8.39. The molecule has 0 saturated carbocycles. The molecule has 0 N–H and O–H groups in total. The molecule has 1 unspecified atom stereocenters. The van der Waals surface area contributed by atoms with Crippen LogP contribution in [-0.2, 0) is 25.5 Å². The predicted octanol–water partition coefficient (Wildman–Crippen LogP) is 2.21. The fourth-order valence-electron chi connectivity index (χ4n) is 3.07. The number of rotatable bonds is 10. The molecule has 27 heavy (non-hydrogen) atoms. The largest absolute Gasteiger partial charge is 0.493 e. The van der Waals surface area contributed by atoms with Crippen molar-refractivity contribution < 1.29 is 28.5 Å². The maximum absolute atomic E-state index is 12.8. The standard InChI is InChI=1S/C20H29NO6/c1-4-26-19(22)10-12-21(20(23)17-6-5-13-27-17)11-9-15-7-8-16(24-2)18(14-15)25-3/h7-8,14,17H,4-6,9-13H2,1-3H3. The van der Waals surface area contributed by atoms with Crippen LogP contribution in [0.3, 0.4) is 0 Å². The quantitative estimate of drug-likeness (QED) is 0.580. The van der Waals surface area contributed by atoms with Crippen molar-refractivity contribution in [3.63, 3.8) is 0 Å². The lowest BCUT2D eigenvalue weighted by atomic mass is 10.1. The number of esters is 1. The fraction of sp³-hybridized carbons (Fsp3) is 0.600. The molecule has 1 aliphatic heterocycles. The van der Waals surface area contributed by atoms with Crippen LogP contribution >= 0.6 is 0 Å². The Morgan fingerprint density at radius 1 is 1.19 bits per heavy atom. The lowest BCUT2D eigenvalue weighted by Crippen LogP contribution is -2.41. The molecule has 1 amide bonds. The molecule has 1 aromatic carbocycles. The van der Waals surface area contributed by atoms with Crippen molar-refractivity contribution in [2.24, 2.45) is 0 Å². The van der Waals surface area contributed by atoms with Crippen molar-refractivity contribution in [1.29, 1.82) is 0 Å². The summed E-state index contributed by atoms with van der Waals surface area (Å²) >= 11 is 0. The molecule has 1 fully saturated rings. The molecule has 1 atom stereocenters. The van der Waals surface area contributed by atoms with Crippen molar-refractivity contribution >= 4 is 11.9 Å². The summed E-state index contributed by atoms with van der Waals surface area (Å²) in [5.74, 6) is 0.959. The average molecular weight is 379 g/mol. The van der Waals surface area contributed by atoms with Gasteiger partial charge in [-0.05, 0) is 43.9 Å². The summed E-state index contributed by atoms with van der Waals surface area (Å²) in [5.41, 5.74) is 1.02. The van der Waals surface area contributed by atoms with Gasteiger partial charge in [0.15, 0.2) is 11.5 Å². The molecule has 0 aromatic heterocycles. The Morgan fingerprint density at radius 3 is 2.59 bits per heavy atom. The van der Waals surface area contributed by atoms with Gasteiger partial charge in [0.05, 0.1) is 27.2 Å². The van der Waals surface area contributed by atoms with Crippen LogP contribution in [0.1, 0.15) is 31.7 Å². The van der Waals surface area contributed by atoms with E-state index in [0.29, 0.717) is 44.2 Å². The second kappa shape index (κ2) is 10.8. The van der Waals surface area contributed by atoms with Gasteiger partial charge >= 0.3 is 5.97 Å². The van der Waals surface area contributed by atoms with E-state index in [-0.39, 0.29) is 18.3 Å². The van der Waals surface area contributed by atoms with Gasteiger partial charge in [-0.15, -0.1) is 0 Å². The molecule has 1 heterocycles. The van der Waals surface area contributed by atoms with Gasteiger partial charge in [-0.2, -0.15) is 0 Å². The van der Waals surface area contributed by atoms with Gasteiger partial charge in [0, 0.05) is 19.7 Å². The van der Waals surface area contributed by atoms with Crippen molar-refractivity contribution in [2.75, 3.05) is 40.5 Å². The minimum Gasteiger partial charge on any atom is -0.493 e. The summed E-state index contributed by atoms with van der Waals surface area (Å²) in [6.45, 7) is 3.53. The van der Waals surface area contributed by atoms with Gasteiger partial charge in [0.2, 0.25) is 0 Å². The number of carbonyl (C=O) groups excluding carboxylic acids is 2. The van der Waals surface area contributed by atoms with Crippen LogP contribution in [0.15, 0.2) is 18.2 Å². The Labute approximate surface area is 160 Å². The van der Waals surface area contributed by atoms with Crippen LogP contribution in [0.25, 0.3) is 0 Å². The summed E-state index contributed by atoms with van der Waals surface area (Å²) < 4.78 is 21.1. The molecule has 1 aromatic rings. The van der Waals surface area contributed by atoms with Gasteiger partial charge in [-0.1, -0.05) is 6.07 Å². The first kappa shape index (κ1) is 21.0. The third-order valence-electron chi connectivity index (χ3n) is 4.53. The van der Waals surface area contributed by atoms with E-state index in [1.54, 1.807) is 26.0 Å². The van der Waals surface area contributed by atoms with E-state index in [4.69, 9.17) is 18.9 Å². The molecular weight excluding hydrogens is 350 g/mol. The highest BCUT2D eigenvalue weighted by molar-refractivity contribution is 5.81. The van der Waals surface area contributed by atoms with E-state index in [9.17, 15) is 9.59 Å². The van der Waals surface area contributed by atoms with Crippen LogP contribution in [-0.4, -0.2) is 63.4 Å². The number of amides is 1. The molecule has 0 aliphatic carbocycles. The van der Waals surface area contributed by atoms with Crippen molar-refractivity contribution in [1.82, 2.24) is 4.90 Å². The highest BCUT2D eigenvalue weighted by Crippen LogP contribution is 2.27. The highest BCUT2D eigenvalue weighted by atomic mass is 16.5. The van der Waals surface area contributed by atoms with E-state index < -0.39 is 6.10 Å². The van der Waals surface area contributed by atoms with Crippen molar-refractivity contribution in [3.05, 3.63) is 23.8 Å². The number of methoxy groups -OCH3 is 2. The monoisotopic (exact) mass is 379 g/mol. The third-order valence-corrected chi connectivity index (χ3v) is 4.53. The topological polar surface area (TPSA) is 74.3 Å². The molecule has 2 rings (SSSR count). The van der Waals surface area contributed by atoms with Crippen LogP contribution < -0.4 is 9.47 Å². The number of hydrogen-bond donors (Lipinski definition) is 0. The van der Waals surface area contributed by atoms with Gasteiger partial charge in [0.1, 0.15) is 6.10 Å². The van der Waals surface area contributed by atoms with E-state index in [1.165, 1.54) is 0 Å². The molecule has 150 valence electrons. The summed E-state index contributed by atoms with van der Waals surface area (Å²) in [7, 11) is 3.18.